The van der Waals surface area contributed by atoms with E-state index in [2.05, 4.69) is 60.1 Å². The van der Waals surface area contributed by atoms with Crippen LogP contribution < -0.4 is 0 Å². The molecule has 2 heteroatoms. The van der Waals surface area contributed by atoms with Crippen molar-refractivity contribution >= 4 is 17.0 Å². The van der Waals surface area contributed by atoms with Gasteiger partial charge in [-0.2, -0.15) is 11.3 Å². The van der Waals surface area contributed by atoms with Crippen molar-refractivity contribution in [1.82, 2.24) is 4.90 Å². The first-order chi connectivity index (χ1) is 6.79. The van der Waals surface area contributed by atoms with E-state index in [-0.39, 0.29) is 0 Å². The molecule has 1 aliphatic rings. The molecule has 0 fully saturated rings. The Kier molecular flexibility index (Phi) is 2.55. The minimum atomic E-state index is 1.29. The van der Waals surface area contributed by atoms with Crippen LogP contribution in [0.25, 0.3) is 5.70 Å². The molecule has 0 aromatic carbocycles. The lowest BCUT2D eigenvalue weighted by Crippen LogP contribution is -2.10. The zero-order chi connectivity index (χ0) is 9.97. The number of nitrogens with zero attached hydrogens (tertiary/aromatic N) is 1. The van der Waals surface area contributed by atoms with Crippen LogP contribution in [0, 0.1) is 0 Å². The van der Waals surface area contributed by atoms with E-state index in [1.807, 2.05) is 0 Å². The minimum absolute atomic E-state index is 1.29. The van der Waals surface area contributed by atoms with Crippen molar-refractivity contribution in [2.45, 2.75) is 0 Å². The van der Waals surface area contributed by atoms with E-state index >= 15 is 0 Å². The second kappa shape index (κ2) is 3.84. The average molecular weight is 203 g/mol. The maximum atomic E-state index is 2.18. The molecule has 72 valence electrons. The van der Waals surface area contributed by atoms with Crippen LogP contribution in [0.15, 0.2) is 46.7 Å². The first-order valence-electron chi connectivity index (χ1n) is 4.58. The summed E-state index contributed by atoms with van der Waals surface area (Å²) in [6.45, 7) is 0. The summed E-state index contributed by atoms with van der Waals surface area (Å²) in [6.07, 6.45) is 8.44. The van der Waals surface area contributed by atoms with Gasteiger partial charge in [-0.25, -0.2) is 0 Å². The van der Waals surface area contributed by atoms with Gasteiger partial charge in [0, 0.05) is 25.0 Å². The van der Waals surface area contributed by atoms with Gasteiger partial charge in [-0.1, -0.05) is 24.3 Å². The molecule has 14 heavy (non-hydrogen) atoms. The molecule has 0 amide bonds. The molecule has 0 radical (unpaired) electrons. The molecule has 0 saturated carbocycles. The zero-order valence-electron chi connectivity index (χ0n) is 8.40. The fourth-order valence-corrected chi connectivity index (χ4v) is 2.25. The van der Waals surface area contributed by atoms with Gasteiger partial charge in [-0.15, -0.1) is 0 Å². The van der Waals surface area contributed by atoms with Crippen molar-refractivity contribution < 1.29 is 0 Å². The van der Waals surface area contributed by atoms with Crippen LogP contribution in [-0.2, 0) is 0 Å². The van der Waals surface area contributed by atoms with Crippen molar-refractivity contribution in [3.63, 3.8) is 0 Å². The Morgan fingerprint density at radius 2 is 1.93 bits per heavy atom. The zero-order valence-corrected chi connectivity index (χ0v) is 9.21. The van der Waals surface area contributed by atoms with Crippen LogP contribution in [0.4, 0.5) is 0 Å². The highest BCUT2D eigenvalue weighted by Crippen LogP contribution is 2.26. The third kappa shape index (κ3) is 1.66. The molecule has 1 heterocycles. The molecule has 1 aromatic rings. The molecule has 2 rings (SSSR count). The van der Waals surface area contributed by atoms with Gasteiger partial charge in [0.05, 0.1) is 5.70 Å². The normalized spacial score (nSPS) is 13.7. The Morgan fingerprint density at radius 1 is 1.21 bits per heavy atom. The average Bonchev–Trinajstić information content (AvgIpc) is 2.75. The summed E-state index contributed by atoms with van der Waals surface area (Å²) >= 11 is 1.74. The Balaban J connectivity index is 2.49. The Hall–Kier alpha value is -1.28. The molecule has 0 unspecified atom stereocenters. The second-order valence-corrected chi connectivity index (χ2v) is 4.21. The van der Waals surface area contributed by atoms with E-state index in [0.29, 0.717) is 0 Å². The number of rotatable bonds is 2. The molecule has 0 bridgehead atoms. The highest BCUT2D eigenvalue weighted by molar-refractivity contribution is 7.08. The highest BCUT2D eigenvalue weighted by Gasteiger charge is 2.09. The molecular formula is C12H13NS. The third-order valence-corrected chi connectivity index (χ3v) is 2.86. The molecule has 0 saturated heterocycles. The molecule has 1 aromatic heterocycles. The molecule has 0 N–H and O–H groups in total. The smallest absolute Gasteiger partial charge is 0.0516 e. The van der Waals surface area contributed by atoms with Crippen molar-refractivity contribution in [2.24, 2.45) is 0 Å². The van der Waals surface area contributed by atoms with Crippen LogP contribution in [0.3, 0.4) is 0 Å². The molecule has 0 aliphatic heterocycles. The van der Waals surface area contributed by atoms with Gasteiger partial charge < -0.3 is 4.90 Å². The van der Waals surface area contributed by atoms with E-state index in [1.54, 1.807) is 11.3 Å². The molecule has 0 spiro atoms. The lowest BCUT2D eigenvalue weighted by molar-refractivity contribution is 0.590. The van der Waals surface area contributed by atoms with Crippen molar-refractivity contribution in [3.8, 4) is 0 Å². The van der Waals surface area contributed by atoms with Crippen LogP contribution in [0.5, 0.6) is 0 Å². The molecule has 1 aliphatic carbocycles. The number of allylic oxidation sites excluding steroid dienone is 5. The quantitative estimate of drug-likeness (QED) is 0.713. The Morgan fingerprint density at radius 3 is 2.43 bits per heavy atom. The van der Waals surface area contributed by atoms with Gasteiger partial charge in [-0.05, 0) is 17.0 Å². The van der Waals surface area contributed by atoms with Gasteiger partial charge >= 0.3 is 0 Å². The molecular weight excluding hydrogens is 190 g/mol. The lowest BCUT2D eigenvalue weighted by Gasteiger charge is -2.18. The maximum Gasteiger partial charge on any atom is 0.0516 e. The summed E-state index contributed by atoms with van der Waals surface area (Å²) in [7, 11) is 4.17. The molecule has 0 atom stereocenters. The predicted molar refractivity (Wildman–Crippen MR) is 63.2 cm³/mol. The van der Waals surface area contributed by atoms with Crippen LogP contribution >= 0.6 is 11.3 Å². The second-order valence-electron chi connectivity index (χ2n) is 3.43. The fraction of sp³-hybridized carbons (Fsp3) is 0.167. The van der Waals surface area contributed by atoms with Gasteiger partial charge in [0.15, 0.2) is 0 Å². The first kappa shape index (κ1) is 9.28. The van der Waals surface area contributed by atoms with Crippen molar-refractivity contribution in [2.75, 3.05) is 14.1 Å². The maximum absolute atomic E-state index is 2.18. The highest BCUT2D eigenvalue weighted by atomic mass is 32.1. The van der Waals surface area contributed by atoms with Crippen molar-refractivity contribution in [1.29, 1.82) is 0 Å². The van der Waals surface area contributed by atoms with E-state index in [9.17, 15) is 0 Å². The summed E-state index contributed by atoms with van der Waals surface area (Å²) in [6, 6.07) is 2.16. The summed E-state index contributed by atoms with van der Waals surface area (Å²) < 4.78 is 0. The van der Waals surface area contributed by atoms with E-state index in [0.717, 1.165) is 0 Å². The van der Waals surface area contributed by atoms with Crippen LogP contribution in [0.1, 0.15) is 5.56 Å². The lowest BCUT2D eigenvalue weighted by atomic mass is 10.1. The molecule has 1 nitrogen and oxygen atoms in total. The van der Waals surface area contributed by atoms with E-state index < -0.39 is 0 Å². The monoisotopic (exact) mass is 203 g/mol. The summed E-state index contributed by atoms with van der Waals surface area (Å²) in [4.78, 5) is 2.16. The van der Waals surface area contributed by atoms with Gasteiger partial charge in [0.1, 0.15) is 0 Å². The Bertz CT molecular complexity index is 380. The number of thiophene rings is 1. The van der Waals surface area contributed by atoms with Gasteiger partial charge in [0.2, 0.25) is 0 Å². The fourth-order valence-electron chi connectivity index (χ4n) is 1.61. The largest absolute Gasteiger partial charge is 0.377 e. The topological polar surface area (TPSA) is 3.24 Å². The van der Waals surface area contributed by atoms with Gasteiger partial charge in [0.25, 0.3) is 0 Å². The minimum Gasteiger partial charge on any atom is -0.377 e. The van der Waals surface area contributed by atoms with E-state index in [1.165, 1.54) is 16.8 Å². The van der Waals surface area contributed by atoms with Crippen LogP contribution in [-0.4, -0.2) is 19.0 Å². The standard InChI is InChI=1S/C12H13NS/c1-13(2)12(10-5-3-4-6-10)11-7-8-14-9-11/h3-9H,1-2H3. The summed E-state index contributed by atoms with van der Waals surface area (Å²) in [5.41, 5.74) is 3.87. The Labute approximate surface area is 88.7 Å². The predicted octanol–water partition coefficient (Wildman–Crippen LogP) is 3.15. The van der Waals surface area contributed by atoms with E-state index in [4.69, 9.17) is 0 Å². The summed E-state index contributed by atoms with van der Waals surface area (Å²) in [5.74, 6) is 0. The number of hydrogen-bond acceptors (Lipinski definition) is 2. The van der Waals surface area contributed by atoms with Crippen LogP contribution in [0.2, 0.25) is 0 Å². The third-order valence-electron chi connectivity index (χ3n) is 2.18. The number of hydrogen-bond donors (Lipinski definition) is 0. The van der Waals surface area contributed by atoms with Crippen molar-refractivity contribution in [3.05, 3.63) is 52.3 Å². The SMILES string of the molecule is CN(C)C(=C1C=CC=C1)c1ccsc1. The first-order valence-corrected chi connectivity index (χ1v) is 5.52. The van der Waals surface area contributed by atoms with Gasteiger partial charge in [-0.3, -0.25) is 0 Å². The summed E-state index contributed by atoms with van der Waals surface area (Å²) in [5, 5.41) is 4.30.